The fraction of sp³-hybridized carbons (Fsp3) is 0.350. The van der Waals surface area contributed by atoms with Crippen LogP contribution in [-0.2, 0) is 6.54 Å². The number of hydrogen-bond donors (Lipinski definition) is 2. The second kappa shape index (κ2) is 8.14. The molecule has 6 nitrogen and oxygen atoms in total. The van der Waals surface area contributed by atoms with Gasteiger partial charge in [0.05, 0.1) is 16.8 Å². The number of halogens is 1. The number of likely N-dealkylation sites (tertiary alicyclic amines) is 1. The highest BCUT2D eigenvalue weighted by Gasteiger charge is 2.23. The topological polar surface area (TPSA) is 89.3 Å². The second-order valence-corrected chi connectivity index (χ2v) is 6.74. The normalized spacial score (nSPS) is 17.3. The third-order valence-electron chi connectivity index (χ3n) is 4.76. The third-order valence-corrected chi connectivity index (χ3v) is 4.76. The van der Waals surface area contributed by atoms with Gasteiger partial charge in [0.25, 0.3) is 0 Å². The van der Waals surface area contributed by atoms with Gasteiger partial charge >= 0.3 is 5.97 Å². The number of carboxylic acid groups (broad SMARTS) is 1. The zero-order valence-corrected chi connectivity index (χ0v) is 15.1. The Bertz CT molecular complexity index is 894. The molecule has 0 spiro atoms. The first-order valence-corrected chi connectivity index (χ1v) is 8.85. The molecular weight excluding hydrogens is 347 g/mol. The van der Waals surface area contributed by atoms with Crippen LogP contribution in [-0.4, -0.2) is 40.1 Å². The number of carboxylic acids is 1. The summed E-state index contributed by atoms with van der Waals surface area (Å²) in [4.78, 5) is 17.7. The Morgan fingerprint density at radius 2 is 2.26 bits per heavy atom. The van der Waals surface area contributed by atoms with Gasteiger partial charge in [-0.25, -0.2) is 14.2 Å². The van der Waals surface area contributed by atoms with Gasteiger partial charge in [-0.1, -0.05) is 18.2 Å². The average Bonchev–Trinajstić information content (AvgIpc) is 2.64. The molecule has 0 aliphatic carbocycles. The fourth-order valence-electron chi connectivity index (χ4n) is 3.39. The molecule has 1 aromatic carbocycles. The summed E-state index contributed by atoms with van der Waals surface area (Å²) in [7, 11) is 0. The van der Waals surface area contributed by atoms with E-state index in [1.54, 1.807) is 19.1 Å². The minimum absolute atomic E-state index is 0.0296. The van der Waals surface area contributed by atoms with Gasteiger partial charge in [0.1, 0.15) is 17.7 Å². The zero-order chi connectivity index (χ0) is 19.4. The predicted octanol–water partition coefficient (Wildman–Crippen LogP) is 3.18. The largest absolute Gasteiger partial charge is 0.478 e. The maximum atomic E-state index is 13.9. The molecule has 1 aromatic heterocycles. The molecule has 0 bridgehead atoms. The minimum Gasteiger partial charge on any atom is -0.478 e. The highest BCUT2D eigenvalue weighted by Crippen LogP contribution is 2.22. The first-order chi connectivity index (χ1) is 13.0. The van der Waals surface area contributed by atoms with Crippen molar-refractivity contribution in [3.8, 4) is 6.07 Å². The number of nitrogens with one attached hydrogen (secondary N) is 1. The van der Waals surface area contributed by atoms with E-state index in [1.165, 1.54) is 12.1 Å². The minimum atomic E-state index is -1.10. The number of carbonyl (C=O) groups is 1. The van der Waals surface area contributed by atoms with Crippen LogP contribution < -0.4 is 5.32 Å². The Labute approximate surface area is 157 Å². The lowest BCUT2D eigenvalue weighted by molar-refractivity contribution is 0.0695. The number of aromatic carboxylic acids is 1. The maximum Gasteiger partial charge on any atom is 0.337 e. The van der Waals surface area contributed by atoms with Crippen LogP contribution in [0.25, 0.3) is 0 Å². The van der Waals surface area contributed by atoms with Gasteiger partial charge in [0.15, 0.2) is 0 Å². The molecule has 140 valence electrons. The molecule has 2 heterocycles. The van der Waals surface area contributed by atoms with Crippen LogP contribution in [0.5, 0.6) is 0 Å². The van der Waals surface area contributed by atoms with E-state index in [9.17, 15) is 19.6 Å². The highest BCUT2D eigenvalue weighted by molar-refractivity contribution is 5.89. The van der Waals surface area contributed by atoms with Crippen LogP contribution in [0, 0.1) is 24.1 Å². The summed E-state index contributed by atoms with van der Waals surface area (Å²) >= 11 is 0. The number of aromatic nitrogens is 1. The Kier molecular flexibility index (Phi) is 5.67. The number of benzene rings is 1. The molecule has 1 aliphatic rings. The Hall–Kier alpha value is -2.98. The van der Waals surface area contributed by atoms with Crippen molar-refractivity contribution >= 4 is 11.8 Å². The van der Waals surface area contributed by atoms with E-state index in [0.717, 1.165) is 19.4 Å². The lowest BCUT2D eigenvalue weighted by atomic mass is 10.0. The van der Waals surface area contributed by atoms with Gasteiger partial charge in [-0.3, -0.25) is 4.90 Å². The third kappa shape index (κ3) is 4.41. The van der Waals surface area contributed by atoms with Crippen molar-refractivity contribution in [2.45, 2.75) is 32.4 Å². The van der Waals surface area contributed by atoms with E-state index in [1.807, 2.05) is 12.1 Å². The van der Waals surface area contributed by atoms with Crippen LogP contribution in [0.3, 0.4) is 0 Å². The van der Waals surface area contributed by atoms with Gasteiger partial charge in [-0.15, -0.1) is 0 Å². The molecule has 2 aromatic rings. The number of pyridine rings is 1. The molecule has 3 rings (SSSR count). The molecule has 2 N–H and O–H groups in total. The van der Waals surface area contributed by atoms with E-state index in [0.29, 0.717) is 30.2 Å². The summed E-state index contributed by atoms with van der Waals surface area (Å²) in [6.45, 7) is 3.71. The van der Waals surface area contributed by atoms with Gasteiger partial charge in [-0.05, 0) is 38.4 Å². The molecule has 0 amide bonds. The van der Waals surface area contributed by atoms with Crippen molar-refractivity contribution in [2.24, 2.45) is 0 Å². The molecule has 1 unspecified atom stereocenters. The monoisotopic (exact) mass is 368 g/mol. The van der Waals surface area contributed by atoms with Crippen molar-refractivity contribution in [3.05, 3.63) is 58.5 Å². The smallest absolute Gasteiger partial charge is 0.337 e. The molecular formula is C20H21FN4O2. The van der Waals surface area contributed by atoms with Crippen LogP contribution in [0.1, 0.15) is 40.0 Å². The molecule has 1 aliphatic heterocycles. The Morgan fingerprint density at radius 1 is 1.48 bits per heavy atom. The number of piperidine rings is 1. The van der Waals surface area contributed by atoms with Gasteiger partial charge < -0.3 is 10.4 Å². The molecule has 1 saturated heterocycles. The van der Waals surface area contributed by atoms with Crippen molar-refractivity contribution in [2.75, 3.05) is 18.4 Å². The number of nitriles is 1. The summed E-state index contributed by atoms with van der Waals surface area (Å²) < 4.78 is 13.9. The van der Waals surface area contributed by atoms with E-state index in [-0.39, 0.29) is 23.0 Å². The SMILES string of the molecule is Cc1nc(NC2CCCN(Cc3ccccc3F)C2)c(C#N)cc1C(=O)O. The molecule has 1 fully saturated rings. The van der Waals surface area contributed by atoms with Crippen molar-refractivity contribution in [1.29, 1.82) is 5.26 Å². The van der Waals surface area contributed by atoms with Gasteiger partial charge in [0, 0.05) is 24.7 Å². The molecule has 7 heteroatoms. The lowest BCUT2D eigenvalue weighted by Crippen LogP contribution is -2.42. The van der Waals surface area contributed by atoms with E-state index < -0.39 is 5.97 Å². The van der Waals surface area contributed by atoms with Crippen LogP contribution >= 0.6 is 0 Å². The van der Waals surface area contributed by atoms with Gasteiger partial charge in [-0.2, -0.15) is 5.26 Å². The average molecular weight is 368 g/mol. The summed E-state index contributed by atoms with van der Waals surface area (Å²) in [6.07, 6.45) is 1.85. The predicted molar refractivity (Wildman–Crippen MR) is 99.0 cm³/mol. The standard InChI is InChI=1S/C20H21FN4O2/c1-13-17(20(26)27)9-15(10-22)19(23-13)24-16-6-4-8-25(12-16)11-14-5-2-3-7-18(14)21/h2-3,5,7,9,16H,4,6,8,11-12H2,1H3,(H,23,24)(H,26,27). The first-order valence-electron chi connectivity index (χ1n) is 8.85. The van der Waals surface area contributed by atoms with Crippen LogP contribution in [0.4, 0.5) is 10.2 Å². The summed E-state index contributed by atoms with van der Waals surface area (Å²) in [6, 6.07) is 10.2. The lowest BCUT2D eigenvalue weighted by Gasteiger charge is -2.33. The number of nitrogens with zero attached hydrogens (tertiary/aromatic N) is 3. The van der Waals surface area contributed by atoms with Crippen LogP contribution in [0.15, 0.2) is 30.3 Å². The number of hydrogen-bond acceptors (Lipinski definition) is 5. The van der Waals surface area contributed by atoms with Crippen molar-refractivity contribution in [3.63, 3.8) is 0 Å². The maximum absolute atomic E-state index is 13.9. The molecule has 0 radical (unpaired) electrons. The van der Waals surface area contributed by atoms with Gasteiger partial charge in [0.2, 0.25) is 0 Å². The second-order valence-electron chi connectivity index (χ2n) is 6.74. The first kappa shape index (κ1) is 18.8. The number of anilines is 1. The molecule has 0 saturated carbocycles. The Morgan fingerprint density at radius 3 is 2.96 bits per heavy atom. The zero-order valence-electron chi connectivity index (χ0n) is 15.1. The molecule has 1 atom stereocenters. The number of rotatable bonds is 5. The van der Waals surface area contributed by atoms with E-state index in [4.69, 9.17) is 0 Å². The summed E-state index contributed by atoms with van der Waals surface area (Å²) in [5, 5.41) is 21.8. The fourth-order valence-corrected chi connectivity index (χ4v) is 3.39. The summed E-state index contributed by atoms with van der Waals surface area (Å²) in [5.74, 6) is -0.907. The highest BCUT2D eigenvalue weighted by atomic mass is 19.1. The summed E-state index contributed by atoms with van der Waals surface area (Å²) in [5.41, 5.74) is 1.27. The quantitative estimate of drug-likeness (QED) is 0.843. The Balaban J connectivity index is 1.72. The van der Waals surface area contributed by atoms with Crippen LogP contribution in [0.2, 0.25) is 0 Å². The van der Waals surface area contributed by atoms with E-state index >= 15 is 0 Å². The molecule has 27 heavy (non-hydrogen) atoms. The van der Waals surface area contributed by atoms with Crippen molar-refractivity contribution in [1.82, 2.24) is 9.88 Å². The van der Waals surface area contributed by atoms with Crippen molar-refractivity contribution < 1.29 is 14.3 Å². The van der Waals surface area contributed by atoms with E-state index in [2.05, 4.69) is 15.2 Å². The number of aryl methyl sites for hydroxylation is 1.